The van der Waals surface area contributed by atoms with Gasteiger partial charge in [0.15, 0.2) is 44.3 Å². The molecule has 0 aliphatic carbocycles. The lowest BCUT2D eigenvalue weighted by Crippen LogP contribution is -2.12. The van der Waals surface area contributed by atoms with Gasteiger partial charge in [0.25, 0.3) is 20.2 Å². The molecule has 292 valence electrons. The minimum absolute atomic E-state index is 0.0998. The predicted octanol–water partition coefficient (Wildman–Crippen LogP) is 4.03. The van der Waals surface area contributed by atoms with Crippen LogP contribution >= 0.6 is 24.6 Å². The average molecular weight is 867 g/mol. The number of rotatable bonds is 20. The first-order chi connectivity index (χ1) is 24.7. The molecule has 30 heteroatoms. The fourth-order valence-electron chi connectivity index (χ4n) is 3.80. The summed E-state index contributed by atoms with van der Waals surface area (Å²) in [4.78, 5) is -3.02. The van der Waals surface area contributed by atoms with Crippen molar-refractivity contribution in [2.24, 2.45) is 20.5 Å². The van der Waals surface area contributed by atoms with Crippen LogP contribution in [-0.2, 0) is 67.0 Å². The Kier molecular flexibility index (Phi) is 15.5. The van der Waals surface area contributed by atoms with Crippen LogP contribution in [0.4, 0.5) is 34.1 Å². The monoisotopic (exact) mass is 866 g/mol. The fraction of sp³-hybridized carbons (Fsp3) is 0.217. The number of nitrogen functional groups attached to an aromatic ring is 2. The molecule has 3 aromatic carbocycles. The highest BCUT2D eigenvalue weighted by molar-refractivity contribution is 7.92. The van der Waals surface area contributed by atoms with E-state index < -0.39 is 95.6 Å². The van der Waals surface area contributed by atoms with E-state index in [0.717, 1.165) is 30.3 Å². The zero-order valence-electron chi connectivity index (χ0n) is 26.3. The van der Waals surface area contributed by atoms with Gasteiger partial charge < -0.3 is 11.5 Å². The molecule has 3 aromatic rings. The highest BCUT2D eigenvalue weighted by Crippen LogP contribution is 2.40. The van der Waals surface area contributed by atoms with Crippen molar-refractivity contribution in [3.8, 4) is 0 Å². The van der Waals surface area contributed by atoms with Crippen LogP contribution in [0.5, 0.6) is 0 Å². The molecule has 53 heavy (non-hydrogen) atoms. The molecule has 0 fully saturated rings. The van der Waals surface area contributed by atoms with Gasteiger partial charge in [-0.25, -0.2) is 27.4 Å². The maximum Gasteiger partial charge on any atom is 0.296 e. The number of anilines is 2. The molecule has 0 amide bonds. The van der Waals surface area contributed by atoms with Crippen LogP contribution < -0.4 is 11.5 Å². The number of nitrogens with zero attached hydrogens (tertiary/aromatic N) is 4. The molecule has 0 bridgehead atoms. The zero-order chi connectivity index (χ0) is 39.6. The second kappa shape index (κ2) is 18.7. The number of hydrogen-bond acceptors (Lipinski definition) is 24. The van der Waals surface area contributed by atoms with Crippen molar-refractivity contribution < 1.29 is 80.4 Å². The van der Waals surface area contributed by atoms with Crippen molar-refractivity contribution in [2.75, 3.05) is 36.2 Å². The Morgan fingerprint density at radius 2 is 0.962 bits per heavy atom. The van der Waals surface area contributed by atoms with Gasteiger partial charge in [0.05, 0.1) is 45.9 Å². The fourth-order valence-corrected chi connectivity index (χ4v) is 8.12. The van der Waals surface area contributed by atoms with E-state index in [9.17, 15) is 42.8 Å². The van der Waals surface area contributed by atoms with Gasteiger partial charge in [-0.2, -0.15) is 16.8 Å². The number of nitrogens with two attached hydrogens (primary N) is 2. The number of azo groups is 2. The highest BCUT2D eigenvalue weighted by Gasteiger charge is 2.24. The smallest absolute Gasteiger partial charge is 0.296 e. The third kappa shape index (κ3) is 12.3. The third-order valence-corrected chi connectivity index (χ3v) is 12.3. The number of benzene rings is 3. The van der Waals surface area contributed by atoms with Gasteiger partial charge in [-0.1, -0.05) is 10.1 Å². The van der Waals surface area contributed by atoms with Crippen molar-refractivity contribution in [1.29, 1.82) is 0 Å². The lowest BCUT2D eigenvalue weighted by molar-refractivity contribution is -0.434. The molecule has 0 saturated heterocycles. The summed E-state index contributed by atoms with van der Waals surface area (Å²) in [5.74, 6) is -1.38. The van der Waals surface area contributed by atoms with Crippen LogP contribution in [0.15, 0.2) is 82.5 Å². The average Bonchev–Trinajstić information content (AvgIpc) is 3.08. The molecule has 0 atom stereocenters. The molecule has 0 aliphatic rings. The summed E-state index contributed by atoms with van der Waals surface area (Å²) in [5, 5.41) is 38.0. The van der Waals surface area contributed by atoms with E-state index in [1.807, 2.05) is 0 Å². The van der Waals surface area contributed by atoms with Crippen LogP contribution in [0, 0.1) is 6.92 Å². The van der Waals surface area contributed by atoms with Crippen LogP contribution in [-0.4, -0.2) is 78.0 Å². The summed E-state index contributed by atoms with van der Waals surface area (Å²) >= 11 is 0.232. The van der Waals surface area contributed by atoms with Crippen LogP contribution in [0.3, 0.4) is 0 Å². The minimum Gasteiger partial charge on any atom is -0.397 e. The summed E-state index contributed by atoms with van der Waals surface area (Å²) in [6.45, 7) is 0.439. The molecule has 0 spiro atoms. The molecule has 0 heterocycles. The van der Waals surface area contributed by atoms with Crippen LogP contribution in [0.25, 0.3) is 0 Å². The maximum atomic E-state index is 12.7. The second-order valence-electron chi connectivity index (χ2n) is 9.68. The van der Waals surface area contributed by atoms with Crippen molar-refractivity contribution >= 4 is 98.7 Å². The van der Waals surface area contributed by atoms with Gasteiger partial charge in [-0.05, 0) is 55.0 Å². The second-order valence-corrected chi connectivity index (χ2v) is 17.7. The van der Waals surface area contributed by atoms with E-state index in [2.05, 4.69) is 39.2 Å². The van der Waals surface area contributed by atoms with E-state index >= 15 is 0 Å². The van der Waals surface area contributed by atoms with Crippen molar-refractivity contribution in [2.45, 2.75) is 26.5 Å². The summed E-state index contributed by atoms with van der Waals surface area (Å²) in [6, 6.07) is 6.12. The summed E-state index contributed by atoms with van der Waals surface area (Å²) < 4.78 is 136. The summed E-state index contributed by atoms with van der Waals surface area (Å²) in [6.07, 6.45) is 0. The molecular weight excluding hydrogens is 841 g/mol. The maximum absolute atomic E-state index is 12.7. The molecule has 0 aromatic heterocycles. The van der Waals surface area contributed by atoms with Gasteiger partial charge in [-0.3, -0.25) is 17.5 Å². The Morgan fingerprint density at radius 1 is 0.604 bits per heavy atom. The number of sulfone groups is 2. The molecule has 0 saturated carbocycles. The highest BCUT2D eigenvalue weighted by atomic mass is 32.2. The van der Waals surface area contributed by atoms with Crippen molar-refractivity contribution in [1.82, 2.24) is 0 Å². The molecular formula is C23H26N6O18S6. The van der Waals surface area contributed by atoms with Crippen molar-refractivity contribution in [3.63, 3.8) is 0 Å². The van der Waals surface area contributed by atoms with Crippen molar-refractivity contribution in [3.05, 3.63) is 48.0 Å². The van der Waals surface area contributed by atoms with E-state index in [1.165, 1.54) is 6.92 Å². The van der Waals surface area contributed by atoms with Gasteiger partial charge in [0.1, 0.15) is 32.5 Å². The van der Waals surface area contributed by atoms with E-state index in [1.54, 1.807) is 0 Å². The minimum atomic E-state index is -5.10. The van der Waals surface area contributed by atoms with E-state index in [4.69, 9.17) is 30.3 Å². The van der Waals surface area contributed by atoms with Crippen LogP contribution in [0.2, 0.25) is 0 Å². The summed E-state index contributed by atoms with van der Waals surface area (Å²) in [7, 11) is -18.6. The zero-order valence-corrected chi connectivity index (χ0v) is 31.2. The molecule has 0 radical (unpaired) electrons. The molecule has 0 aliphatic heterocycles. The van der Waals surface area contributed by atoms with Gasteiger partial charge >= 0.3 is 0 Å². The third-order valence-electron chi connectivity index (χ3n) is 6.38. The standard InChI is InChI=1S/C23H26N6O18S6/c1-13-22(24)18(28-26-16-4-2-14(10-20(16)52(36,37)38)50(32,33)8-6-42-48-46-44-30)12-19(23(13)25)29-27-17-5-3-15(11-21(17)53(39,40)41)51(34,35)9-7-43-49-47-45-31/h2-5,10-12,30-31H,6-9,24-25H2,1H3,(H,36,37,38)(H,39,40,41). The van der Waals surface area contributed by atoms with Gasteiger partial charge in [0, 0.05) is 0 Å². The van der Waals surface area contributed by atoms with Gasteiger partial charge in [-0.15, -0.1) is 29.1 Å². The lowest BCUT2D eigenvalue weighted by Gasteiger charge is -2.11. The Morgan fingerprint density at radius 3 is 1.30 bits per heavy atom. The van der Waals surface area contributed by atoms with Crippen LogP contribution in [0.1, 0.15) is 5.56 Å². The predicted molar refractivity (Wildman–Crippen MR) is 182 cm³/mol. The van der Waals surface area contributed by atoms with Gasteiger partial charge in [0.2, 0.25) is 0 Å². The molecule has 24 nitrogen and oxygen atoms in total. The first kappa shape index (κ1) is 44.0. The number of hydrogen-bond donors (Lipinski definition) is 6. The largest absolute Gasteiger partial charge is 0.397 e. The van der Waals surface area contributed by atoms with E-state index in [-0.39, 0.29) is 53.0 Å². The summed E-state index contributed by atoms with van der Waals surface area (Å²) in [5.41, 5.74) is 10.7. The quantitative estimate of drug-likeness (QED) is 0.0177. The first-order valence-electron chi connectivity index (χ1n) is 13.5. The Labute approximate surface area is 309 Å². The van der Waals surface area contributed by atoms with E-state index in [0.29, 0.717) is 12.1 Å². The molecule has 3 rings (SSSR count). The Bertz CT molecular complexity index is 2150. The lowest BCUT2D eigenvalue weighted by atomic mass is 10.1. The SMILES string of the molecule is Cc1c(N)c(N=Nc2ccc(S(=O)(=O)CCOSOOO)cc2S(=O)(=O)O)cc(N=Nc2ccc(S(=O)(=O)CCOSOOO)cc2S(=O)(=O)O)c1N. The molecule has 0 unspecified atom stereocenters. The Balaban J connectivity index is 1.98. The topological polar surface area (TPSA) is 374 Å². The molecule has 8 N–H and O–H groups in total. The normalized spacial score (nSPS) is 13.0. The first-order valence-corrected chi connectivity index (χ1v) is 21.0. The Hall–Kier alpha value is -3.44.